The number of nitrogens with one attached hydrogen (secondary N) is 1. The molecule has 1 aliphatic rings. The van der Waals surface area contributed by atoms with E-state index in [4.69, 9.17) is 9.47 Å². The first-order valence-electron chi connectivity index (χ1n) is 9.72. The van der Waals surface area contributed by atoms with Gasteiger partial charge in [0, 0.05) is 30.1 Å². The van der Waals surface area contributed by atoms with E-state index in [0.717, 1.165) is 53.5 Å². The van der Waals surface area contributed by atoms with Gasteiger partial charge in [-0.2, -0.15) is 0 Å². The van der Waals surface area contributed by atoms with Gasteiger partial charge in [-0.25, -0.2) is 0 Å². The highest BCUT2D eigenvalue weighted by molar-refractivity contribution is 5.59. The van der Waals surface area contributed by atoms with Crippen LogP contribution in [0.2, 0.25) is 0 Å². The first kappa shape index (κ1) is 21.4. The van der Waals surface area contributed by atoms with Crippen molar-refractivity contribution in [1.82, 2.24) is 4.90 Å². The smallest absolute Gasteiger partial charge is 0.141 e. The lowest BCUT2D eigenvalue weighted by Crippen LogP contribution is -2.28. The van der Waals surface area contributed by atoms with Crippen LogP contribution in [0.5, 0.6) is 5.75 Å². The highest BCUT2D eigenvalue weighted by Crippen LogP contribution is 2.28. The van der Waals surface area contributed by atoms with Crippen molar-refractivity contribution in [3.63, 3.8) is 0 Å². The number of aryl methyl sites for hydroxylation is 1. The van der Waals surface area contributed by atoms with Crippen molar-refractivity contribution in [2.75, 3.05) is 26.1 Å². The SMILES string of the molecule is C=C1C=C(Nc2cc(OC)ccc2C)N(C/C(=C/C=C\CC)CC)C=C1OC. The molecule has 0 aromatic heterocycles. The molecule has 0 saturated heterocycles. The third kappa shape index (κ3) is 5.56. The largest absolute Gasteiger partial charge is 0.497 e. The van der Waals surface area contributed by atoms with Gasteiger partial charge in [0.1, 0.15) is 17.3 Å². The highest BCUT2D eigenvalue weighted by atomic mass is 16.5. The fourth-order valence-corrected chi connectivity index (χ4v) is 2.88. The van der Waals surface area contributed by atoms with Crippen LogP contribution in [-0.4, -0.2) is 25.7 Å². The molecular formula is C24H32N2O2. The molecule has 150 valence electrons. The second-order valence-corrected chi connectivity index (χ2v) is 6.70. The Balaban J connectivity index is 2.32. The number of benzene rings is 1. The number of ether oxygens (including phenoxy) is 2. The number of nitrogens with zero attached hydrogens (tertiary/aromatic N) is 1. The molecule has 0 spiro atoms. The van der Waals surface area contributed by atoms with E-state index in [1.807, 2.05) is 30.5 Å². The lowest BCUT2D eigenvalue weighted by atomic mass is 10.1. The van der Waals surface area contributed by atoms with Gasteiger partial charge < -0.3 is 19.7 Å². The van der Waals surface area contributed by atoms with E-state index in [9.17, 15) is 0 Å². The second-order valence-electron chi connectivity index (χ2n) is 6.70. The zero-order chi connectivity index (χ0) is 20.5. The number of hydrogen-bond donors (Lipinski definition) is 1. The van der Waals surface area contributed by atoms with Gasteiger partial charge in [-0.1, -0.05) is 50.3 Å². The second kappa shape index (κ2) is 10.5. The molecule has 0 fully saturated rings. The Morgan fingerprint density at radius 3 is 2.64 bits per heavy atom. The van der Waals surface area contributed by atoms with Crippen LogP contribution in [0.4, 0.5) is 5.69 Å². The fraction of sp³-hybridized carbons (Fsp3) is 0.333. The number of hydrogen-bond acceptors (Lipinski definition) is 4. The first-order valence-corrected chi connectivity index (χ1v) is 9.72. The number of allylic oxidation sites excluding steroid dienone is 4. The highest BCUT2D eigenvalue weighted by Gasteiger charge is 2.18. The lowest BCUT2D eigenvalue weighted by molar-refractivity contribution is 0.287. The molecule has 0 bridgehead atoms. The van der Waals surface area contributed by atoms with Crippen molar-refractivity contribution < 1.29 is 9.47 Å². The molecule has 4 nitrogen and oxygen atoms in total. The molecule has 28 heavy (non-hydrogen) atoms. The van der Waals surface area contributed by atoms with Crippen LogP contribution in [0.15, 0.2) is 78.0 Å². The summed E-state index contributed by atoms with van der Waals surface area (Å²) in [5, 5.41) is 3.55. The van der Waals surface area contributed by atoms with E-state index in [1.165, 1.54) is 5.57 Å². The number of methoxy groups -OCH3 is 2. The van der Waals surface area contributed by atoms with Crippen molar-refractivity contribution in [3.8, 4) is 5.75 Å². The van der Waals surface area contributed by atoms with Crippen LogP contribution in [0, 0.1) is 6.92 Å². The van der Waals surface area contributed by atoms with E-state index in [-0.39, 0.29) is 0 Å². The Morgan fingerprint density at radius 1 is 1.21 bits per heavy atom. The van der Waals surface area contributed by atoms with Gasteiger partial charge in [-0.3, -0.25) is 0 Å². The van der Waals surface area contributed by atoms with Crippen molar-refractivity contribution in [2.45, 2.75) is 33.6 Å². The summed E-state index contributed by atoms with van der Waals surface area (Å²) in [5.74, 6) is 2.55. The predicted molar refractivity (Wildman–Crippen MR) is 118 cm³/mol. The Morgan fingerprint density at radius 2 is 2.00 bits per heavy atom. The molecule has 0 saturated carbocycles. The van der Waals surface area contributed by atoms with Crippen molar-refractivity contribution in [1.29, 1.82) is 0 Å². The monoisotopic (exact) mass is 380 g/mol. The minimum atomic E-state index is 0.770. The van der Waals surface area contributed by atoms with E-state index in [1.54, 1.807) is 14.2 Å². The van der Waals surface area contributed by atoms with Crippen LogP contribution < -0.4 is 10.1 Å². The van der Waals surface area contributed by atoms with Crippen molar-refractivity contribution in [2.24, 2.45) is 0 Å². The summed E-state index contributed by atoms with van der Waals surface area (Å²) in [7, 11) is 3.35. The normalized spacial score (nSPS) is 14.8. The van der Waals surface area contributed by atoms with Gasteiger partial charge in [-0.15, -0.1) is 0 Å². The summed E-state index contributed by atoms with van der Waals surface area (Å²) in [6.07, 6.45) is 12.5. The molecule has 2 rings (SSSR count). The molecule has 1 aromatic carbocycles. The van der Waals surface area contributed by atoms with Crippen molar-refractivity contribution in [3.05, 3.63) is 83.6 Å². The molecule has 0 unspecified atom stereocenters. The van der Waals surface area contributed by atoms with Crippen LogP contribution in [0.3, 0.4) is 0 Å². The van der Waals surface area contributed by atoms with Crippen molar-refractivity contribution >= 4 is 5.69 Å². The topological polar surface area (TPSA) is 33.7 Å². The average Bonchev–Trinajstić information content (AvgIpc) is 2.70. The predicted octanol–water partition coefficient (Wildman–Crippen LogP) is 5.92. The summed E-state index contributed by atoms with van der Waals surface area (Å²) in [5.41, 5.74) is 4.32. The zero-order valence-corrected chi connectivity index (χ0v) is 17.7. The zero-order valence-electron chi connectivity index (χ0n) is 17.7. The molecule has 1 N–H and O–H groups in total. The van der Waals surface area contributed by atoms with E-state index < -0.39 is 0 Å². The Labute approximate surface area is 169 Å². The maximum Gasteiger partial charge on any atom is 0.141 e. The summed E-state index contributed by atoms with van der Waals surface area (Å²) in [6, 6.07) is 6.02. The molecular weight excluding hydrogens is 348 g/mol. The Kier molecular flexibility index (Phi) is 8.00. The third-order valence-electron chi connectivity index (χ3n) is 4.67. The van der Waals surface area contributed by atoms with Gasteiger partial charge >= 0.3 is 0 Å². The summed E-state index contributed by atoms with van der Waals surface area (Å²) < 4.78 is 10.9. The minimum Gasteiger partial charge on any atom is -0.497 e. The standard InChI is InChI=1S/C24H32N2O2/c1-7-9-10-11-20(8-2)16-26-17-23(28-6)19(4)14-24(26)25-22-15-21(27-5)13-12-18(22)3/h9-15,17,25H,4,7-8,16H2,1-3,5-6H3/b10-9-,20-11+. The minimum absolute atomic E-state index is 0.770. The maximum atomic E-state index is 5.50. The van der Waals surface area contributed by atoms with Gasteiger partial charge in [0.2, 0.25) is 0 Å². The van der Waals surface area contributed by atoms with Crippen LogP contribution >= 0.6 is 0 Å². The molecule has 0 atom stereocenters. The molecule has 0 aliphatic carbocycles. The molecule has 1 aromatic rings. The van der Waals surface area contributed by atoms with E-state index in [0.29, 0.717) is 0 Å². The maximum absolute atomic E-state index is 5.50. The third-order valence-corrected chi connectivity index (χ3v) is 4.67. The fourth-order valence-electron chi connectivity index (χ4n) is 2.88. The number of rotatable bonds is 9. The molecule has 0 amide bonds. The van der Waals surface area contributed by atoms with Crippen LogP contribution in [-0.2, 0) is 4.74 Å². The van der Waals surface area contributed by atoms with Gasteiger partial charge in [0.25, 0.3) is 0 Å². The first-order chi connectivity index (χ1) is 13.5. The lowest BCUT2D eigenvalue weighted by Gasteiger charge is -2.30. The number of anilines is 1. The Hall–Kier alpha value is -2.88. The van der Waals surface area contributed by atoms with E-state index in [2.05, 4.69) is 55.8 Å². The van der Waals surface area contributed by atoms with Gasteiger partial charge in [0.05, 0.1) is 14.2 Å². The van der Waals surface area contributed by atoms with E-state index >= 15 is 0 Å². The molecule has 0 radical (unpaired) electrons. The molecule has 1 heterocycles. The molecule has 4 heteroatoms. The van der Waals surface area contributed by atoms with Crippen LogP contribution in [0.25, 0.3) is 0 Å². The average molecular weight is 381 g/mol. The quantitative estimate of drug-likeness (QED) is 0.539. The summed E-state index contributed by atoms with van der Waals surface area (Å²) in [4.78, 5) is 2.17. The van der Waals surface area contributed by atoms with Gasteiger partial charge in [0.15, 0.2) is 0 Å². The molecule has 1 aliphatic heterocycles. The van der Waals surface area contributed by atoms with Gasteiger partial charge in [-0.05, 0) is 37.5 Å². The summed E-state index contributed by atoms with van der Waals surface area (Å²) >= 11 is 0. The Bertz CT molecular complexity index is 816. The van der Waals surface area contributed by atoms with Crippen LogP contribution in [0.1, 0.15) is 32.3 Å². The summed E-state index contributed by atoms with van der Waals surface area (Å²) in [6.45, 7) is 11.3.